The number of aryl methyl sites for hydroxylation is 3. The van der Waals surface area contributed by atoms with Gasteiger partial charge in [0.25, 0.3) is 5.56 Å². The second-order valence-corrected chi connectivity index (χ2v) is 8.37. The molecule has 4 rings (SSSR count). The Bertz CT molecular complexity index is 1110. The molecule has 0 radical (unpaired) electrons. The first kappa shape index (κ1) is 18.7. The van der Waals surface area contributed by atoms with Crippen LogP contribution in [-0.2, 0) is 4.79 Å². The molecule has 2 aromatic carbocycles. The summed E-state index contributed by atoms with van der Waals surface area (Å²) >= 11 is 1.33. The van der Waals surface area contributed by atoms with E-state index in [-0.39, 0.29) is 23.3 Å². The highest BCUT2D eigenvalue weighted by Gasteiger charge is 2.28. The summed E-state index contributed by atoms with van der Waals surface area (Å²) < 4.78 is 1.77. The fourth-order valence-corrected chi connectivity index (χ4v) is 4.43. The van der Waals surface area contributed by atoms with Gasteiger partial charge in [0.15, 0.2) is 5.16 Å². The van der Waals surface area contributed by atoms with E-state index in [2.05, 4.69) is 22.4 Å². The van der Waals surface area contributed by atoms with Crippen LogP contribution in [0.25, 0.3) is 10.9 Å². The smallest absolute Gasteiger partial charge is 0.262 e. The number of amides is 1. The number of hydrogen-bond donors (Lipinski definition) is 1. The van der Waals surface area contributed by atoms with E-state index in [1.165, 1.54) is 17.3 Å². The zero-order valence-electron chi connectivity index (χ0n) is 16.3. The van der Waals surface area contributed by atoms with Crippen LogP contribution in [0.1, 0.15) is 35.6 Å². The van der Waals surface area contributed by atoms with Gasteiger partial charge in [-0.05, 0) is 56.9 Å². The van der Waals surface area contributed by atoms with Crippen LogP contribution >= 0.6 is 11.8 Å². The summed E-state index contributed by atoms with van der Waals surface area (Å²) in [7, 11) is 0. The van der Waals surface area contributed by atoms with Crippen molar-refractivity contribution in [3.8, 4) is 0 Å². The van der Waals surface area contributed by atoms with Crippen molar-refractivity contribution in [3.05, 3.63) is 63.4 Å². The van der Waals surface area contributed by atoms with Crippen molar-refractivity contribution in [2.75, 3.05) is 11.1 Å². The molecule has 0 atom stereocenters. The molecule has 5 nitrogen and oxygen atoms in total. The van der Waals surface area contributed by atoms with Crippen LogP contribution in [0.15, 0.2) is 46.3 Å². The summed E-state index contributed by atoms with van der Waals surface area (Å²) in [4.78, 5) is 30.1. The first-order valence-electron chi connectivity index (χ1n) is 9.46. The Hall–Kier alpha value is -2.60. The quantitative estimate of drug-likeness (QED) is 0.516. The van der Waals surface area contributed by atoms with Gasteiger partial charge in [-0.1, -0.05) is 41.6 Å². The zero-order chi connectivity index (χ0) is 19.8. The van der Waals surface area contributed by atoms with E-state index in [1.54, 1.807) is 4.57 Å². The molecular weight excluding hydrogens is 370 g/mol. The predicted molar refractivity (Wildman–Crippen MR) is 114 cm³/mol. The monoisotopic (exact) mass is 393 g/mol. The van der Waals surface area contributed by atoms with Gasteiger partial charge in [0.05, 0.1) is 16.7 Å². The molecule has 1 heterocycles. The summed E-state index contributed by atoms with van der Waals surface area (Å²) in [6, 6.07) is 11.7. The van der Waals surface area contributed by atoms with Crippen molar-refractivity contribution in [3.63, 3.8) is 0 Å². The predicted octanol–water partition coefficient (Wildman–Crippen LogP) is 4.39. The average Bonchev–Trinajstić information content (AvgIpc) is 3.48. The fraction of sp³-hybridized carbons (Fsp3) is 0.318. The SMILES string of the molecule is Cc1cc(C)c(NC(=O)CSc2nc3ccccc3c(=O)n2C2CC2)c(C)c1. The van der Waals surface area contributed by atoms with E-state index in [0.29, 0.717) is 16.1 Å². The van der Waals surface area contributed by atoms with Crippen LogP contribution in [0.5, 0.6) is 0 Å². The zero-order valence-corrected chi connectivity index (χ0v) is 17.1. The minimum atomic E-state index is -0.0928. The number of nitrogens with zero attached hydrogens (tertiary/aromatic N) is 2. The van der Waals surface area contributed by atoms with Crippen molar-refractivity contribution in [2.45, 2.75) is 44.8 Å². The van der Waals surface area contributed by atoms with Gasteiger partial charge in [-0.25, -0.2) is 4.98 Å². The van der Waals surface area contributed by atoms with E-state index in [1.807, 2.05) is 45.0 Å². The number of aromatic nitrogens is 2. The van der Waals surface area contributed by atoms with E-state index >= 15 is 0 Å². The molecule has 0 bridgehead atoms. The van der Waals surface area contributed by atoms with Crippen LogP contribution in [0.2, 0.25) is 0 Å². The number of benzene rings is 2. The molecule has 1 saturated carbocycles. The minimum absolute atomic E-state index is 0.0127. The maximum Gasteiger partial charge on any atom is 0.262 e. The van der Waals surface area contributed by atoms with Crippen LogP contribution in [0.4, 0.5) is 5.69 Å². The Balaban J connectivity index is 1.57. The highest BCUT2D eigenvalue weighted by Crippen LogP contribution is 2.36. The third kappa shape index (κ3) is 3.69. The Kier molecular flexibility index (Phi) is 4.98. The van der Waals surface area contributed by atoms with Crippen molar-refractivity contribution in [2.24, 2.45) is 0 Å². The average molecular weight is 394 g/mol. The molecule has 144 valence electrons. The normalized spacial score (nSPS) is 13.7. The van der Waals surface area contributed by atoms with Crippen LogP contribution in [0.3, 0.4) is 0 Å². The summed E-state index contributed by atoms with van der Waals surface area (Å²) in [5, 5.41) is 4.27. The molecule has 0 spiro atoms. The van der Waals surface area contributed by atoms with Crippen molar-refractivity contribution in [1.82, 2.24) is 9.55 Å². The second-order valence-electron chi connectivity index (χ2n) is 7.43. The number of anilines is 1. The Morgan fingerprint density at radius 2 is 1.86 bits per heavy atom. The lowest BCUT2D eigenvalue weighted by Crippen LogP contribution is -2.23. The lowest BCUT2D eigenvalue weighted by Gasteiger charge is -2.14. The molecule has 1 aromatic heterocycles. The molecule has 3 aromatic rings. The number of hydrogen-bond acceptors (Lipinski definition) is 4. The van der Waals surface area contributed by atoms with Gasteiger partial charge in [-0.2, -0.15) is 0 Å². The molecule has 1 N–H and O–H groups in total. The van der Waals surface area contributed by atoms with Crippen LogP contribution in [0, 0.1) is 20.8 Å². The van der Waals surface area contributed by atoms with Crippen LogP contribution in [-0.4, -0.2) is 21.2 Å². The van der Waals surface area contributed by atoms with Crippen molar-refractivity contribution >= 4 is 34.3 Å². The van der Waals surface area contributed by atoms with Gasteiger partial charge in [0, 0.05) is 11.7 Å². The molecule has 28 heavy (non-hydrogen) atoms. The van der Waals surface area contributed by atoms with Gasteiger partial charge >= 0.3 is 0 Å². The number of thioether (sulfide) groups is 1. The third-order valence-electron chi connectivity index (χ3n) is 4.96. The number of carbonyl (C=O) groups is 1. The summed E-state index contributed by atoms with van der Waals surface area (Å²) in [6.45, 7) is 6.04. The van der Waals surface area contributed by atoms with Crippen molar-refractivity contribution in [1.29, 1.82) is 0 Å². The molecule has 6 heteroatoms. The first-order chi connectivity index (χ1) is 13.4. The molecule has 1 fully saturated rings. The number of carbonyl (C=O) groups excluding carboxylic acids is 1. The highest BCUT2D eigenvalue weighted by atomic mass is 32.2. The van der Waals surface area contributed by atoms with E-state index < -0.39 is 0 Å². The Morgan fingerprint density at radius 1 is 1.18 bits per heavy atom. The van der Waals surface area contributed by atoms with Gasteiger partial charge in [-0.3, -0.25) is 14.2 Å². The second kappa shape index (κ2) is 7.43. The maximum atomic E-state index is 12.9. The number of para-hydroxylation sites is 1. The molecule has 0 aliphatic heterocycles. The largest absolute Gasteiger partial charge is 0.325 e. The first-order valence-corrected chi connectivity index (χ1v) is 10.4. The molecule has 1 aliphatic rings. The molecule has 0 unspecified atom stereocenters. The topological polar surface area (TPSA) is 64.0 Å². The Morgan fingerprint density at radius 3 is 2.54 bits per heavy atom. The fourth-order valence-electron chi connectivity index (χ4n) is 3.56. The maximum absolute atomic E-state index is 12.9. The van der Waals surface area contributed by atoms with E-state index in [9.17, 15) is 9.59 Å². The van der Waals surface area contributed by atoms with Gasteiger partial charge < -0.3 is 5.32 Å². The summed E-state index contributed by atoms with van der Waals surface area (Å²) in [6.07, 6.45) is 1.98. The standard InChI is InChI=1S/C22H23N3O2S/c1-13-10-14(2)20(15(3)11-13)24-19(26)12-28-22-23-18-7-5-4-6-17(18)21(27)25(22)16-8-9-16/h4-7,10-11,16H,8-9,12H2,1-3H3,(H,24,26). The lowest BCUT2D eigenvalue weighted by atomic mass is 10.1. The summed E-state index contributed by atoms with van der Waals surface area (Å²) in [5.41, 5.74) is 4.81. The number of nitrogens with one attached hydrogen (secondary N) is 1. The number of fused-ring (bicyclic) bond motifs is 1. The van der Waals surface area contributed by atoms with E-state index in [0.717, 1.165) is 29.7 Å². The highest BCUT2D eigenvalue weighted by molar-refractivity contribution is 7.99. The van der Waals surface area contributed by atoms with Gasteiger partial charge in [0.2, 0.25) is 5.91 Å². The molecular formula is C22H23N3O2S. The van der Waals surface area contributed by atoms with E-state index in [4.69, 9.17) is 0 Å². The van der Waals surface area contributed by atoms with Gasteiger partial charge in [0.1, 0.15) is 0 Å². The molecule has 0 saturated heterocycles. The number of rotatable bonds is 5. The van der Waals surface area contributed by atoms with Gasteiger partial charge in [-0.15, -0.1) is 0 Å². The van der Waals surface area contributed by atoms with Crippen molar-refractivity contribution < 1.29 is 4.79 Å². The lowest BCUT2D eigenvalue weighted by molar-refractivity contribution is -0.113. The molecule has 1 aliphatic carbocycles. The van der Waals surface area contributed by atoms with Crippen LogP contribution < -0.4 is 10.9 Å². The minimum Gasteiger partial charge on any atom is -0.325 e. The molecule has 1 amide bonds. The third-order valence-corrected chi connectivity index (χ3v) is 5.91. The summed E-state index contributed by atoms with van der Waals surface area (Å²) in [5.74, 6) is 0.120. The Labute approximate surface area is 168 Å².